The first-order valence-electron chi connectivity index (χ1n) is 6.04. The molecule has 0 amide bonds. The van der Waals surface area contributed by atoms with Gasteiger partial charge in [-0.15, -0.1) is 0 Å². The van der Waals surface area contributed by atoms with E-state index in [0.29, 0.717) is 6.42 Å². The second-order valence-corrected chi connectivity index (χ2v) is 6.30. The largest absolute Gasteiger partial charge is 0.469 e. The summed E-state index contributed by atoms with van der Waals surface area (Å²) in [6, 6.07) is 0. The van der Waals surface area contributed by atoms with Crippen LogP contribution in [0.15, 0.2) is 0 Å². The molecule has 0 aromatic heterocycles. The Kier molecular flexibility index (Phi) is 2.40. The molecule has 16 heavy (non-hydrogen) atoms. The molecule has 2 saturated carbocycles. The average molecular weight is 226 g/mol. The first-order valence-corrected chi connectivity index (χ1v) is 6.04. The standard InChI is InChI=1S/C13H22O3/c1-11(2)12(3)5-6-13(11,7-9(12)14)8-10(15)16-4/h9,14H,5-8H2,1-4H3/t9-,12-,13-/m0/s1. The van der Waals surface area contributed by atoms with E-state index in [1.165, 1.54) is 7.11 Å². The van der Waals surface area contributed by atoms with Gasteiger partial charge in [0, 0.05) is 0 Å². The van der Waals surface area contributed by atoms with Gasteiger partial charge in [0.2, 0.25) is 0 Å². The van der Waals surface area contributed by atoms with Crippen LogP contribution in [0.3, 0.4) is 0 Å². The molecule has 92 valence electrons. The number of aliphatic hydroxyl groups is 1. The molecule has 2 bridgehead atoms. The van der Waals surface area contributed by atoms with Crippen LogP contribution in [0.1, 0.15) is 46.5 Å². The van der Waals surface area contributed by atoms with Crippen molar-refractivity contribution in [2.45, 2.75) is 52.6 Å². The van der Waals surface area contributed by atoms with E-state index in [-0.39, 0.29) is 28.3 Å². The fourth-order valence-electron chi connectivity index (χ4n) is 4.00. The van der Waals surface area contributed by atoms with Gasteiger partial charge in [-0.05, 0) is 35.5 Å². The number of hydrogen-bond donors (Lipinski definition) is 1. The lowest BCUT2D eigenvalue weighted by Crippen LogP contribution is -2.37. The zero-order valence-corrected chi connectivity index (χ0v) is 10.7. The number of rotatable bonds is 2. The molecule has 1 N–H and O–H groups in total. The number of carbonyl (C=O) groups is 1. The Morgan fingerprint density at radius 2 is 2.00 bits per heavy atom. The third kappa shape index (κ3) is 1.15. The minimum absolute atomic E-state index is 0.00755. The molecule has 2 aliphatic carbocycles. The number of fused-ring (bicyclic) bond motifs is 2. The van der Waals surface area contributed by atoms with Crippen molar-refractivity contribution in [1.82, 2.24) is 0 Å². The summed E-state index contributed by atoms with van der Waals surface area (Å²) in [7, 11) is 1.44. The third-order valence-electron chi connectivity index (χ3n) is 5.91. The number of ether oxygens (including phenoxy) is 1. The van der Waals surface area contributed by atoms with Crippen molar-refractivity contribution >= 4 is 5.97 Å². The lowest BCUT2D eigenvalue weighted by Gasteiger charge is -2.40. The molecule has 2 rings (SSSR count). The van der Waals surface area contributed by atoms with Crippen molar-refractivity contribution in [1.29, 1.82) is 0 Å². The Morgan fingerprint density at radius 3 is 2.38 bits per heavy atom. The number of methoxy groups -OCH3 is 1. The smallest absolute Gasteiger partial charge is 0.306 e. The Morgan fingerprint density at radius 1 is 1.38 bits per heavy atom. The number of carbonyl (C=O) groups excluding carboxylic acids is 1. The topological polar surface area (TPSA) is 46.5 Å². The van der Waals surface area contributed by atoms with E-state index in [9.17, 15) is 9.90 Å². The van der Waals surface area contributed by atoms with Gasteiger partial charge >= 0.3 is 5.97 Å². The number of aliphatic hydroxyl groups excluding tert-OH is 1. The van der Waals surface area contributed by atoms with Crippen molar-refractivity contribution in [2.24, 2.45) is 16.2 Å². The number of esters is 1. The normalized spacial score (nSPS) is 44.7. The summed E-state index contributed by atoms with van der Waals surface area (Å²) in [6.45, 7) is 6.54. The quantitative estimate of drug-likeness (QED) is 0.734. The zero-order valence-electron chi connectivity index (χ0n) is 10.7. The predicted octanol–water partition coefficient (Wildman–Crippen LogP) is 2.13. The van der Waals surface area contributed by atoms with Gasteiger partial charge in [-0.2, -0.15) is 0 Å². The lowest BCUT2D eigenvalue weighted by molar-refractivity contribution is -0.145. The van der Waals surface area contributed by atoms with Crippen LogP contribution < -0.4 is 0 Å². The maximum Gasteiger partial charge on any atom is 0.306 e. The summed E-state index contributed by atoms with van der Waals surface area (Å²) in [4.78, 5) is 11.5. The average Bonchev–Trinajstić information content (AvgIpc) is 2.47. The highest BCUT2D eigenvalue weighted by molar-refractivity contribution is 5.70. The van der Waals surface area contributed by atoms with Gasteiger partial charge < -0.3 is 9.84 Å². The van der Waals surface area contributed by atoms with Crippen molar-refractivity contribution in [3.63, 3.8) is 0 Å². The molecule has 3 atom stereocenters. The SMILES string of the molecule is COC(=O)C[C@]12CC[C@@](C)([C@@H](O)C1)C2(C)C. The monoisotopic (exact) mass is 226 g/mol. The molecule has 0 spiro atoms. The molecule has 0 aromatic rings. The predicted molar refractivity (Wildman–Crippen MR) is 60.8 cm³/mol. The molecule has 2 fully saturated rings. The fourth-order valence-corrected chi connectivity index (χ4v) is 4.00. The minimum Gasteiger partial charge on any atom is -0.469 e. The van der Waals surface area contributed by atoms with Gasteiger partial charge in [0.1, 0.15) is 0 Å². The summed E-state index contributed by atoms with van der Waals surface area (Å²) in [6.07, 6.45) is 2.95. The minimum atomic E-state index is -0.277. The lowest BCUT2D eigenvalue weighted by atomic mass is 9.64. The summed E-state index contributed by atoms with van der Waals surface area (Å²) in [5.74, 6) is -0.147. The Balaban J connectivity index is 2.33. The molecule has 0 aromatic carbocycles. The molecule has 0 saturated heterocycles. The van der Waals surface area contributed by atoms with Crippen LogP contribution in [-0.4, -0.2) is 24.3 Å². The Hall–Kier alpha value is -0.570. The first kappa shape index (κ1) is 11.9. The van der Waals surface area contributed by atoms with Gasteiger partial charge in [-0.1, -0.05) is 20.8 Å². The summed E-state index contributed by atoms with van der Waals surface area (Å²) < 4.78 is 4.80. The van der Waals surface area contributed by atoms with E-state index >= 15 is 0 Å². The van der Waals surface area contributed by atoms with Crippen LogP contribution in [0, 0.1) is 16.2 Å². The van der Waals surface area contributed by atoms with Crippen LogP contribution in [0.2, 0.25) is 0 Å². The van der Waals surface area contributed by atoms with E-state index in [1.807, 2.05) is 0 Å². The van der Waals surface area contributed by atoms with Crippen molar-refractivity contribution in [3.05, 3.63) is 0 Å². The van der Waals surface area contributed by atoms with Crippen LogP contribution >= 0.6 is 0 Å². The highest BCUT2D eigenvalue weighted by Gasteiger charge is 2.69. The van der Waals surface area contributed by atoms with Gasteiger partial charge in [-0.3, -0.25) is 4.79 Å². The second kappa shape index (κ2) is 3.22. The summed E-state index contributed by atoms with van der Waals surface area (Å²) in [5, 5.41) is 10.2. The summed E-state index contributed by atoms with van der Waals surface area (Å²) in [5.41, 5.74) is -0.0944. The molecular weight excluding hydrogens is 204 g/mol. The second-order valence-electron chi connectivity index (χ2n) is 6.30. The Bertz CT molecular complexity index is 323. The van der Waals surface area contributed by atoms with Crippen LogP contribution in [0.4, 0.5) is 0 Å². The molecule has 0 radical (unpaired) electrons. The van der Waals surface area contributed by atoms with E-state index in [0.717, 1.165) is 19.3 Å². The van der Waals surface area contributed by atoms with E-state index < -0.39 is 0 Å². The molecule has 0 aliphatic heterocycles. The van der Waals surface area contributed by atoms with Crippen molar-refractivity contribution < 1.29 is 14.6 Å². The van der Waals surface area contributed by atoms with E-state index in [2.05, 4.69) is 20.8 Å². The summed E-state index contributed by atoms with van der Waals surface area (Å²) >= 11 is 0. The molecule has 2 aliphatic rings. The Labute approximate surface area is 97.2 Å². The van der Waals surface area contributed by atoms with Crippen LogP contribution in [0.25, 0.3) is 0 Å². The third-order valence-corrected chi connectivity index (χ3v) is 5.91. The maximum atomic E-state index is 11.5. The van der Waals surface area contributed by atoms with Gasteiger partial charge in [0.25, 0.3) is 0 Å². The molecule has 0 unspecified atom stereocenters. The highest BCUT2D eigenvalue weighted by atomic mass is 16.5. The fraction of sp³-hybridized carbons (Fsp3) is 0.923. The van der Waals surface area contributed by atoms with E-state index in [4.69, 9.17) is 4.74 Å². The van der Waals surface area contributed by atoms with Crippen LogP contribution in [-0.2, 0) is 9.53 Å². The van der Waals surface area contributed by atoms with Crippen LogP contribution in [0.5, 0.6) is 0 Å². The van der Waals surface area contributed by atoms with Gasteiger partial charge in [0.05, 0.1) is 19.6 Å². The van der Waals surface area contributed by atoms with E-state index in [1.54, 1.807) is 0 Å². The highest BCUT2D eigenvalue weighted by Crippen LogP contribution is 2.73. The zero-order chi connectivity index (χ0) is 12.2. The number of hydrogen-bond acceptors (Lipinski definition) is 3. The van der Waals surface area contributed by atoms with Crippen molar-refractivity contribution in [2.75, 3.05) is 7.11 Å². The molecule has 3 nitrogen and oxygen atoms in total. The molecule has 3 heteroatoms. The maximum absolute atomic E-state index is 11.5. The van der Waals surface area contributed by atoms with Gasteiger partial charge in [0.15, 0.2) is 0 Å². The molecule has 0 heterocycles. The van der Waals surface area contributed by atoms with Crippen molar-refractivity contribution in [3.8, 4) is 0 Å². The molecular formula is C13H22O3. The van der Waals surface area contributed by atoms with Gasteiger partial charge in [-0.25, -0.2) is 0 Å². The first-order chi connectivity index (χ1) is 7.29.